The summed E-state index contributed by atoms with van der Waals surface area (Å²) >= 11 is 4.77. The van der Waals surface area contributed by atoms with Crippen LogP contribution in [0.4, 0.5) is 5.13 Å². The van der Waals surface area contributed by atoms with E-state index in [2.05, 4.69) is 47.0 Å². The molecule has 1 aromatic heterocycles. The molecule has 164 valence electrons. The summed E-state index contributed by atoms with van der Waals surface area (Å²) in [5.41, 5.74) is 1.21. The summed E-state index contributed by atoms with van der Waals surface area (Å²) in [6, 6.07) is 16.9. The Balaban J connectivity index is 1.22. The number of nitrogens with one attached hydrogen (secondary N) is 1. The highest BCUT2D eigenvalue weighted by Gasteiger charge is 2.21. The molecule has 1 fully saturated rings. The van der Waals surface area contributed by atoms with Crippen molar-refractivity contribution < 1.29 is 8.42 Å². The Bertz CT molecular complexity index is 1080. The fourth-order valence-corrected chi connectivity index (χ4v) is 5.44. The molecule has 2 aromatic carbocycles. The molecule has 10 heteroatoms. The minimum absolute atomic E-state index is 0.281. The summed E-state index contributed by atoms with van der Waals surface area (Å²) in [4.78, 5) is 9.52. The van der Waals surface area contributed by atoms with Crippen molar-refractivity contribution >= 4 is 42.6 Å². The minimum atomic E-state index is -3.48. The zero-order chi connectivity index (χ0) is 21.7. The van der Waals surface area contributed by atoms with Crippen molar-refractivity contribution in [2.45, 2.75) is 11.3 Å². The number of anilines is 1. The van der Waals surface area contributed by atoms with Gasteiger partial charge in [0.25, 0.3) is 0 Å². The zero-order valence-corrected chi connectivity index (χ0v) is 20.2. The number of nitrogens with zero attached hydrogens (tertiary/aromatic N) is 4. The maximum atomic E-state index is 12.4. The molecule has 1 N–H and O–H groups in total. The molecular weight excluding hydrogens is 498 g/mol. The van der Waals surface area contributed by atoms with Crippen LogP contribution >= 0.6 is 27.5 Å². The van der Waals surface area contributed by atoms with Gasteiger partial charge in [0.1, 0.15) is 5.82 Å². The molecule has 1 aliphatic rings. The maximum absolute atomic E-state index is 12.4. The van der Waals surface area contributed by atoms with Crippen LogP contribution in [-0.2, 0) is 16.4 Å². The van der Waals surface area contributed by atoms with Crippen LogP contribution in [-0.4, -0.2) is 61.9 Å². The predicted octanol–water partition coefficient (Wildman–Crippen LogP) is 2.99. The lowest BCUT2D eigenvalue weighted by Crippen LogP contribution is -2.48. The summed E-state index contributed by atoms with van der Waals surface area (Å²) in [5, 5.41) is 0.960. The van der Waals surface area contributed by atoms with Crippen LogP contribution in [0.1, 0.15) is 11.4 Å². The highest BCUT2D eigenvalue weighted by atomic mass is 79.9. The number of benzene rings is 2. The molecule has 0 saturated carbocycles. The molecule has 1 aliphatic heterocycles. The van der Waals surface area contributed by atoms with E-state index in [1.54, 1.807) is 24.3 Å². The fourth-order valence-electron chi connectivity index (χ4n) is 3.42. The Kier molecular flexibility index (Phi) is 7.34. The number of piperazine rings is 1. The van der Waals surface area contributed by atoms with Crippen molar-refractivity contribution in [1.29, 1.82) is 0 Å². The Morgan fingerprint density at radius 1 is 1.00 bits per heavy atom. The van der Waals surface area contributed by atoms with Crippen LogP contribution in [0.25, 0.3) is 0 Å². The monoisotopic (exact) mass is 521 g/mol. The SMILES string of the molecule is O=S(=O)(NCCN1CCN(c2nc(Cc3ccccc3)ns2)CC1)c1ccc(Br)cc1. The molecule has 0 aliphatic carbocycles. The van der Waals surface area contributed by atoms with Gasteiger partial charge < -0.3 is 4.90 Å². The summed E-state index contributed by atoms with van der Waals surface area (Å²) < 4.78 is 32.8. The van der Waals surface area contributed by atoms with Gasteiger partial charge in [-0.1, -0.05) is 46.3 Å². The van der Waals surface area contributed by atoms with Crippen molar-refractivity contribution in [2.24, 2.45) is 0 Å². The lowest BCUT2D eigenvalue weighted by Gasteiger charge is -2.34. The Morgan fingerprint density at radius 3 is 2.42 bits per heavy atom. The van der Waals surface area contributed by atoms with Gasteiger partial charge in [-0.05, 0) is 29.8 Å². The first-order chi connectivity index (χ1) is 15.0. The maximum Gasteiger partial charge on any atom is 0.240 e. The smallest absolute Gasteiger partial charge is 0.240 e. The molecule has 0 bridgehead atoms. The summed E-state index contributed by atoms with van der Waals surface area (Å²) in [6.45, 7) is 4.53. The van der Waals surface area contributed by atoms with Gasteiger partial charge in [-0.3, -0.25) is 4.90 Å². The second kappa shape index (κ2) is 10.2. The van der Waals surface area contributed by atoms with E-state index in [0.717, 1.165) is 48.0 Å². The number of aromatic nitrogens is 2. The van der Waals surface area contributed by atoms with Crippen LogP contribution < -0.4 is 9.62 Å². The second-order valence-electron chi connectivity index (χ2n) is 7.34. The van der Waals surface area contributed by atoms with E-state index in [0.29, 0.717) is 13.1 Å². The Labute approximate surface area is 195 Å². The van der Waals surface area contributed by atoms with Crippen LogP contribution in [0, 0.1) is 0 Å². The Hall–Kier alpha value is -1.85. The van der Waals surface area contributed by atoms with Gasteiger partial charge >= 0.3 is 0 Å². The summed E-state index contributed by atoms with van der Waals surface area (Å²) in [5.74, 6) is 0.857. The first kappa shape index (κ1) is 22.3. The van der Waals surface area contributed by atoms with E-state index < -0.39 is 10.0 Å². The average Bonchev–Trinajstić information content (AvgIpc) is 3.23. The number of hydrogen-bond donors (Lipinski definition) is 1. The zero-order valence-electron chi connectivity index (χ0n) is 16.9. The van der Waals surface area contributed by atoms with Gasteiger partial charge in [-0.15, -0.1) is 0 Å². The average molecular weight is 522 g/mol. The fraction of sp³-hybridized carbons (Fsp3) is 0.333. The quantitative estimate of drug-likeness (QED) is 0.490. The van der Waals surface area contributed by atoms with E-state index in [4.69, 9.17) is 4.98 Å². The molecule has 0 unspecified atom stereocenters. The van der Waals surface area contributed by atoms with Gasteiger partial charge in [-0.25, -0.2) is 18.1 Å². The first-order valence-electron chi connectivity index (χ1n) is 10.1. The number of halogens is 1. The number of hydrogen-bond acceptors (Lipinski definition) is 7. The third kappa shape index (κ3) is 6.11. The number of rotatable bonds is 8. The predicted molar refractivity (Wildman–Crippen MR) is 127 cm³/mol. The summed E-state index contributed by atoms with van der Waals surface area (Å²) in [6.07, 6.45) is 0.746. The molecule has 3 aromatic rings. The third-order valence-electron chi connectivity index (χ3n) is 5.15. The normalized spacial score (nSPS) is 15.3. The molecule has 31 heavy (non-hydrogen) atoms. The molecule has 4 rings (SSSR count). The minimum Gasteiger partial charge on any atom is -0.344 e. The molecule has 0 amide bonds. The van der Waals surface area contributed by atoms with Crippen LogP contribution in [0.3, 0.4) is 0 Å². The van der Waals surface area contributed by atoms with Crippen molar-refractivity contribution in [1.82, 2.24) is 19.0 Å². The summed E-state index contributed by atoms with van der Waals surface area (Å²) in [7, 11) is -3.48. The van der Waals surface area contributed by atoms with Gasteiger partial charge in [0.15, 0.2) is 0 Å². The van der Waals surface area contributed by atoms with Crippen molar-refractivity contribution in [3.05, 3.63) is 70.5 Å². The molecular formula is C21H24BrN5O2S2. The van der Waals surface area contributed by atoms with E-state index in [9.17, 15) is 8.42 Å². The van der Waals surface area contributed by atoms with E-state index in [-0.39, 0.29) is 4.90 Å². The van der Waals surface area contributed by atoms with Crippen LogP contribution in [0.2, 0.25) is 0 Å². The highest BCUT2D eigenvalue weighted by Crippen LogP contribution is 2.20. The molecule has 0 radical (unpaired) electrons. The second-order valence-corrected chi connectivity index (χ2v) is 10.7. The van der Waals surface area contributed by atoms with E-state index in [1.807, 2.05) is 18.2 Å². The van der Waals surface area contributed by atoms with E-state index >= 15 is 0 Å². The lowest BCUT2D eigenvalue weighted by atomic mass is 10.1. The highest BCUT2D eigenvalue weighted by molar-refractivity contribution is 9.10. The van der Waals surface area contributed by atoms with Gasteiger partial charge in [0.2, 0.25) is 15.2 Å². The van der Waals surface area contributed by atoms with Crippen molar-refractivity contribution in [2.75, 3.05) is 44.2 Å². The number of sulfonamides is 1. The van der Waals surface area contributed by atoms with E-state index in [1.165, 1.54) is 17.1 Å². The molecule has 2 heterocycles. The molecule has 1 saturated heterocycles. The molecule has 0 atom stereocenters. The lowest BCUT2D eigenvalue weighted by molar-refractivity contribution is 0.262. The van der Waals surface area contributed by atoms with Gasteiger partial charge in [-0.2, -0.15) is 4.37 Å². The van der Waals surface area contributed by atoms with Gasteiger partial charge in [0.05, 0.1) is 4.90 Å². The van der Waals surface area contributed by atoms with Crippen LogP contribution in [0.5, 0.6) is 0 Å². The molecule has 0 spiro atoms. The Morgan fingerprint density at radius 2 is 1.71 bits per heavy atom. The first-order valence-corrected chi connectivity index (χ1v) is 13.1. The molecule has 7 nitrogen and oxygen atoms in total. The van der Waals surface area contributed by atoms with Crippen LogP contribution in [0.15, 0.2) is 64.0 Å². The van der Waals surface area contributed by atoms with Gasteiger partial charge in [0, 0.05) is 61.7 Å². The third-order valence-corrected chi connectivity index (χ3v) is 7.97. The van der Waals surface area contributed by atoms with Crippen molar-refractivity contribution in [3.63, 3.8) is 0 Å². The largest absolute Gasteiger partial charge is 0.344 e. The standard InChI is InChI=1S/C21H24BrN5O2S2/c22-18-6-8-19(9-7-18)31(28,29)23-10-11-26-12-14-27(15-13-26)21-24-20(25-30-21)16-17-4-2-1-3-5-17/h1-9,23H,10-16H2. The topological polar surface area (TPSA) is 78.4 Å². The van der Waals surface area contributed by atoms with Crippen molar-refractivity contribution in [3.8, 4) is 0 Å².